The molecule has 2 heterocycles. The van der Waals surface area contributed by atoms with Crippen molar-refractivity contribution < 1.29 is 22.5 Å². The summed E-state index contributed by atoms with van der Waals surface area (Å²) >= 11 is 0. The van der Waals surface area contributed by atoms with Crippen LogP contribution in [0.1, 0.15) is 16.2 Å². The Morgan fingerprint density at radius 3 is 2.66 bits per heavy atom. The molecule has 0 spiro atoms. The van der Waals surface area contributed by atoms with E-state index in [2.05, 4.69) is 25.0 Å². The van der Waals surface area contributed by atoms with Gasteiger partial charge in [0.1, 0.15) is 0 Å². The maximum atomic E-state index is 12.6. The van der Waals surface area contributed by atoms with Crippen LogP contribution in [0.15, 0.2) is 59.4 Å². The van der Waals surface area contributed by atoms with Gasteiger partial charge in [0.05, 0.1) is 17.4 Å². The Labute approximate surface area is 162 Å². The average molecular weight is 401 g/mol. The quantitative estimate of drug-likeness (QED) is 0.553. The van der Waals surface area contributed by atoms with Crippen molar-refractivity contribution in [3.63, 3.8) is 0 Å². The number of benzene rings is 2. The molecular weight excluding hydrogens is 387 g/mol. The number of hydrogen-bond acceptors (Lipinski definition) is 5. The van der Waals surface area contributed by atoms with Gasteiger partial charge in [0, 0.05) is 24.2 Å². The number of amides is 1. The van der Waals surface area contributed by atoms with Crippen molar-refractivity contribution in [1.29, 1.82) is 0 Å². The smallest absolute Gasteiger partial charge is 0.350 e. The molecule has 29 heavy (non-hydrogen) atoms. The Morgan fingerprint density at radius 2 is 1.93 bits per heavy atom. The number of hydrogen-bond donors (Lipinski definition) is 1. The zero-order valence-electron chi connectivity index (χ0n) is 14.8. The van der Waals surface area contributed by atoms with Crippen LogP contribution in [-0.4, -0.2) is 32.1 Å². The first-order valence-corrected chi connectivity index (χ1v) is 8.61. The number of imidazole rings is 1. The summed E-state index contributed by atoms with van der Waals surface area (Å²) in [4.78, 5) is 19.7. The second kappa shape index (κ2) is 7.38. The van der Waals surface area contributed by atoms with Gasteiger partial charge in [-0.25, -0.2) is 4.98 Å². The van der Waals surface area contributed by atoms with Gasteiger partial charge in [-0.1, -0.05) is 23.4 Å². The minimum Gasteiger partial charge on any atom is -0.350 e. The maximum absolute atomic E-state index is 12.6. The molecule has 0 aliphatic carbocycles. The predicted molar refractivity (Wildman–Crippen MR) is 96.8 cm³/mol. The van der Waals surface area contributed by atoms with Crippen molar-refractivity contribution in [2.24, 2.45) is 0 Å². The lowest BCUT2D eigenvalue weighted by molar-refractivity contribution is -0.159. The molecule has 0 saturated carbocycles. The molecule has 10 heteroatoms. The summed E-state index contributed by atoms with van der Waals surface area (Å²) in [5.41, 5.74) is 2.27. The van der Waals surface area contributed by atoms with E-state index in [0.29, 0.717) is 29.7 Å². The second-order valence-electron chi connectivity index (χ2n) is 6.18. The fraction of sp³-hybridized carbons (Fsp3) is 0.158. The number of halogens is 3. The number of alkyl halides is 3. The molecule has 0 aliphatic rings. The number of nitrogens with one attached hydrogen (secondary N) is 1. The van der Waals surface area contributed by atoms with E-state index in [4.69, 9.17) is 0 Å². The highest BCUT2D eigenvalue weighted by Crippen LogP contribution is 2.30. The van der Waals surface area contributed by atoms with Crippen molar-refractivity contribution in [3.8, 4) is 11.4 Å². The molecule has 0 atom stereocenters. The van der Waals surface area contributed by atoms with Crippen molar-refractivity contribution in [2.45, 2.75) is 12.7 Å². The molecule has 0 aliphatic heterocycles. The summed E-state index contributed by atoms with van der Waals surface area (Å²) < 4.78 is 43.9. The summed E-state index contributed by atoms with van der Waals surface area (Å²) in [5, 5.41) is 6.21. The van der Waals surface area contributed by atoms with Crippen LogP contribution in [-0.2, 0) is 12.7 Å². The standard InChI is InChI=1S/C19H14F3N5O2/c20-19(21,22)18-25-16(26-29-18)13-6-7-15-14(10-13)24-11-27(15)9-8-23-17(28)12-4-2-1-3-5-12/h1-7,10-11H,8-9H2,(H,23,28). The molecule has 0 saturated heterocycles. The fourth-order valence-corrected chi connectivity index (χ4v) is 2.82. The Morgan fingerprint density at radius 1 is 1.14 bits per heavy atom. The van der Waals surface area contributed by atoms with Crippen LogP contribution in [0.3, 0.4) is 0 Å². The summed E-state index contributed by atoms with van der Waals surface area (Å²) in [6.45, 7) is 0.871. The molecule has 2 aromatic heterocycles. The van der Waals surface area contributed by atoms with E-state index in [1.54, 1.807) is 48.8 Å². The number of nitrogens with zero attached hydrogens (tertiary/aromatic N) is 4. The van der Waals surface area contributed by atoms with Crippen LogP contribution in [0.25, 0.3) is 22.4 Å². The molecule has 2 aromatic carbocycles. The van der Waals surface area contributed by atoms with E-state index in [9.17, 15) is 18.0 Å². The molecule has 148 valence electrons. The van der Waals surface area contributed by atoms with Gasteiger partial charge in [0.15, 0.2) is 0 Å². The van der Waals surface area contributed by atoms with Crippen LogP contribution in [0.5, 0.6) is 0 Å². The first-order chi connectivity index (χ1) is 13.9. The van der Waals surface area contributed by atoms with Gasteiger partial charge in [-0.05, 0) is 30.3 Å². The Kier molecular flexibility index (Phi) is 4.75. The molecule has 7 nitrogen and oxygen atoms in total. The number of aromatic nitrogens is 4. The van der Waals surface area contributed by atoms with Crippen LogP contribution in [0.4, 0.5) is 13.2 Å². The fourth-order valence-electron chi connectivity index (χ4n) is 2.82. The lowest BCUT2D eigenvalue weighted by Gasteiger charge is -2.07. The molecule has 0 radical (unpaired) electrons. The third-order valence-corrected chi connectivity index (χ3v) is 4.22. The number of carbonyl (C=O) groups excluding carboxylic acids is 1. The van der Waals surface area contributed by atoms with Gasteiger partial charge in [-0.15, -0.1) is 0 Å². The van der Waals surface area contributed by atoms with Crippen LogP contribution >= 0.6 is 0 Å². The van der Waals surface area contributed by atoms with Crippen LogP contribution in [0.2, 0.25) is 0 Å². The van der Waals surface area contributed by atoms with E-state index in [0.717, 1.165) is 5.52 Å². The van der Waals surface area contributed by atoms with Crippen LogP contribution in [0, 0.1) is 0 Å². The van der Waals surface area contributed by atoms with E-state index < -0.39 is 12.1 Å². The van der Waals surface area contributed by atoms with Crippen molar-refractivity contribution >= 4 is 16.9 Å². The first kappa shape index (κ1) is 18.7. The van der Waals surface area contributed by atoms with E-state index in [1.807, 2.05) is 10.6 Å². The summed E-state index contributed by atoms with van der Waals surface area (Å²) in [7, 11) is 0. The zero-order chi connectivity index (χ0) is 20.4. The first-order valence-electron chi connectivity index (χ1n) is 8.61. The van der Waals surface area contributed by atoms with Gasteiger partial charge in [0.25, 0.3) is 5.91 Å². The minimum absolute atomic E-state index is 0.163. The van der Waals surface area contributed by atoms with Crippen molar-refractivity contribution in [3.05, 3.63) is 66.3 Å². The largest absolute Gasteiger partial charge is 0.471 e. The molecular formula is C19H14F3N5O2. The van der Waals surface area contributed by atoms with E-state index >= 15 is 0 Å². The summed E-state index contributed by atoms with van der Waals surface area (Å²) in [6, 6.07) is 13.8. The molecule has 1 amide bonds. The second-order valence-corrected chi connectivity index (χ2v) is 6.18. The van der Waals surface area contributed by atoms with Gasteiger partial charge in [0.2, 0.25) is 5.82 Å². The Balaban J connectivity index is 1.46. The molecule has 1 N–H and O–H groups in total. The highest BCUT2D eigenvalue weighted by molar-refractivity contribution is 5.94. The highest BCUT2D eigenvalue weighted by Gasteiger charge is 2.38. The molecule has 0 bridgehead atoms. The Bertz CT molecular complexity index is 1150. The van der Waals surface area contributed by atoms with E-state index in [1.165, 1.54) is 0 Å². The molecule has 0 unspecified atom stereocenters. The maximum Gasteiger partial charge on any atom is 0.471 e. The van der Waals surface area contributed by atoms with Crippen LogP contribution < -0.4 is 5.32 Å². The zero-order valence-corrected chi connectivity index (χ0v) is 14.8. The Hall–Kier alpha value is -3.69. The lowest BCUT2D eigenvalue weighted by Crippen LogP contribution is -2.26. The normalized spacial score (nSPS) is 11.7. The van der Waals surface area contributed by atoms with Gasteiger partial charge in [-0.3, -0.25) is 4.79 Å². The molecule has 4 rings (SSSR count). The topological polar surface area (TPSA) is 85.8 Å². The monoisotopic (exact) mass is 401 g/mol. The highest BCUT2D eigenvalue weighted by atomic mass is 19.4. The van der Waals surface area contributed by atoms with Gasteiger partial charge >= 0.3 is 12.1 Å². The van der Waals surface area contributed by atoms with Crippen molar-refractivity contribution in [1.82, 2.24) is 25.0 Å². The summed E-state index contributed by atoms with van der Waals surface area (Å²) in [5.74, 6) is -1.73. The number of carbonyl (C=O) groups is 1. The third kappa shape index (κ3) is 3.96. The number of rotatable bonds is 5. The molecule has 4 aromatic rings. The lowest BCUT2D eigenvalue weighted by atomic mass is 10.2. The average Bonchev–Trinajstić information content (AvgIpc) is 3.35. The van der Waals surface area contributed by atoms with Crippen molar-refractivity contribution in [2.75, 3.05) is 6.54 Å². The minimum atomic E-state index is -4.69. The van der Waals surface area contributed by atoms with E-state index in [-0.39, 0.29) is 11.7 Å². The number of fused-ring (bicyclic) bond motifs is 1. The molecule has 0 fully saturated rings. The third-order valence-electron chi connectivity index (χ3n) is 4.22. The SMILES string of the molecule is O=C(NCCn1cnc2cc(-c3noc(C(F)(F)F)n3)ccc21)c1ccccc1. The summed E-state index contributed by atoms with van der Waals surface area (Å²) in [6.07, 6.45) is -3.10. The van der Waals surface area contributed by atoms with Gasteiger partial charge in [-0.2, -0.15) is 18.2 Å². The van der Waals surface area contributed by atoms with Gasteiger partial charge < -0.3 is 14.4 Å². The predicted octanol–water partition coefficient (Wildman–Crippen LogP) is 3.54.